The minimum Gasteiger partial charge on any atom is -0.496 e. The topological polar surface area (TPSA) is 111 Å². The quantitative estimate of drug-likeness (QED) is 0.584. The van der Waals surface area contributed by atoms with Gasteiger partial charge in [-0.3, -0.25) is 14.4 Å². The summed E-state index contributed by atoms with van der Waals surface area (Å²) in [6.07, 6.45) is 0.0375. The zero-order valence-electron chi connectivity index (χ0n) is 16.3. The Labute approximate surface area is 168 Å². The normalized spacial score (nSPS) is 12.5. The number of ether oxygens (including phenoxy) is 1. The van der Waals surface area contributed by atoms with Crippen LogP contribution in [0, 0.1) is 5.82 Å². The van der Waals surface area contributed by atoms with Crippen LogP contribution in [-0.4, -0.2) is 36.9 Å². The predicted octanol–water partition coefficient (Wildman–Crippen LogP) is 1.09. The first-order chi connectivity index (χ1) is 13.8. The van der Waals surface area contributed by atoms with E-state index in [0.29, 0.717) is 11.3 Å². The number of hydrogen-bond donors (Lipinski definition) is 3. The Morgan fingerprint density at radius 2 is 1.55 bits per heavy atom. The fraction of sp³-hybridized carbons (Fsp3) is 0.286. The number of methoxy groups -OCH3 is 1. The molecular weight excluding hydrogens is 377 g/mol. The van der Waals surface area contributed by atoms with Gasteiger partial charge in [-0.05, 0) is 23.3 Å². The SMILES string of the molecule is COc1ccccc1C[C@H](NC(=O)[C@@H](Cc1ccccc1F)NC(C)=O)C(N)=O. The number of benzene rings is 2. The molecule has 2 rings (SSSR count). The second kappa shape index (κ2) is 10.2. The molecule has 0 aliphatic heterocycles. The molecule has 0 radical (unpaired) electrons. The Morgan fingerprint density at radius 1 is 0.966 bits per heavy atom. The maximum atomic E-state index is 14.0. The van der Waals surface area contributed by atoms with E-state index in [2.05, 4.69) is 10.6 Å². The van der Waals surface area contributed by atoms with E-state index in [4.69, 9.17) is 10.5 Å². The Kier molecular flexibility index (Phi) is 7.70. The first-order valence-electron chi connectivity index (χ1n) is 9.04. The van der Waals surface area contributed by atoms with E-state index in [1.165, 1.54) is 32.2 Å². The van der Waals surface area contributed by atoms with Gasteiger partial charge >= 0.3 is 0 Å². The summed E-state index contributed by atoms with van der Waals surface area (Å²) in [5.74, 6) is -1.77. The fourth-order valence-corrected chi connectivity index (χ4v) is 2.93. The number of amides is 3. The van der Waals surface area contributed by atoms with Crippen molar-refractivity contribution in [1.82, 2.24) is 10.6 Å². The summed E-state index contributed by atoms with van der Waals surface area (Å²) in [4.78, 5) is 36.2. The third-order valence-corrected chi connectivity index (χ3v) is 4.35. The Bertz CT molecular complexity index is 888. The Balaban J connectivity index is 2.18. The lowest BCUT2D eigenvalue weighted by atomic mass is 10.0. The second-order valence-corrected chi connectivity index (χ2v) is 6.53. The lowest BCUT2D eigenvalue weighted by molar-refractivity contribution is -0.130. The molecule has 0 bridgehead atoms. The molecule has 29 heavy (non-hydrogen) atoms. The highest BCUT2D eigenvalue weighted by Gasteiger charge is 2.26. The van der Waals surface area contributed by atoms with Crippen LogP contribution in [0.5, 0.6) is 5.75 Å². The van der Waals surface area contributed by atoms with Gasteiger partial charge in [-0.2, -0.15) is 0 Å². The molecule has 0 heterocycles. The molecule has 0 spiro atoms. The van der Waals surface area contributed by atoms with Crippen LogP contribution in [0.15, 0.2) is 48.5 Å². The third kappa shape index (κ3) is 6.31. The molecule has 2 aromatic rings. The molecule has 3 amide bonds. The lowest BCUT2D eigenvalue weighted by Gasteiger charge is -2.22. The van der Waals surface area contributed by atoms with E-state index < -0.39 is 35.6 Å². The molecule has 0 saturated carbocycles. The number of primary amides is 1. The fourth-order valence-electron chi connectivity index (χ4n) is 2.93. The van der Waals surface area contributed by atoms with Crippen molar-refractivity contribution in [2.75, 3.05) is 7.11 Å². The molecular formula is C21H24FN3O4. The lowest BCUT2D eigenvalue weighted by Crippen LogP contribution is -2.54. The highest BCUT2D eigenvalue weighted by atomic mass is 19.1. The van der Waals surface area contributed by atoms with E-state index in [0.717, 1.165) is 0 Å². The second-order valence-electron chi connectivity index (χ2n) is 6.53. The van der Waals surface area contributed by atoms with Crippen LogP contribution in [0.4, 0.5) is 4.39 Å². The molecule has 2 atom stereocenters. The number of carbonyl (C=O) groups is 3. The summed E-state index contributed by atoms with van der Waals surface area (Å²) >= 11 is 0. The number of nitrogens with two attached hydrogens (primary N) is 1. The molecule has 4 N–H and O–H groups in total. The first kappa shape index (κ1) is 21.9. The van der Waals surface area contributed by atoms with Gasteiger partial charge in [0.1, 0.15) is 23.7 Å². The minimum atomic E-state index is -1.07. The van der Waals surface area contributed by atoms with Crippen molar-refractivity contribution in [3.05, 3.63) is 65.5 Å². The number of nitrogens with one attached hydrogen (secondary N) is 2. The van der Waals surface area contributed by atoms with Crippen molar-refractivity contribution in [3.8, 4) is 5.75 Å². The van der Waals surface area contributed by atoms with Crippen LogP contribution in [0.2, 0.25) is 0 Å². The summed E-state index contributed by atoms with van der Waals surface area (Å²) in [5.41, 5.74) is 6.41. The van der Waals surface area contributed by atoms with Gasteiger partial charge in [0.2, 0.25) is 17.7 Å². The van der Waals surface area contributed by atoms with Crippen LogP contribution in [0.1, 0.15) is 18.1 Å². The number of carbonyl (C=O) groups excluding carboxylic acids is 3. The van der Waals surface area contributed by atoms with Crippen molar-refractivity contribution in [1.29, 1.82) is 0 Å². The van der Waals surface area contributed by atoms with Gasteiger partial charge in [0.25, 0.3) is 0 Å². The highest BCUT2D eigenvalue weighted by Crippen LogP contribution is 2.19. The molecule has 2 aromatic carbocycles. The summed E-state index contributed by atoms with van der Waals surface area (Å²) in [6, 6.07) is 10.9. The maximum absolute atomic E-state index is 14.0. The molecule has 0 aromatic heterocycles. The van der Waals surface area contributed by atoms with Gasteiger partial charge < -0.3 is 21.1 Å². The third-order valence-electron chi connectivity index (χ3n) is 4.35. The van der Waals surface area contributed by atoms with E-state index in [-0.39, 0.29) is 18.4 Å². The highest BCUT2D eigenvalue weighted by molar-refractivity contribution is 5.91. The van der Waals surface area contributed by atoms with Crippen LogP contribution in [0.25, 0.3) is 0 Å². The zero-order valence-corrected chi connectivity index (χ0v) is 16.3. The van der Waals surface area contributed by atoms with E-state index in [9.17, 15) is 18.8 Å². The van der Waals surface area contributed by atoms with Crippen molar-refractivity contribution in [3.63, 3.8) is 0 Å². The maximum Gasteiger partial charge on any atom is 0.243 e. The molecule has 7 nitrogen and oxygen atoms in total. The van der Waals surface area contributed by atoms with Gasteiger partial charge in [0, 0.05) is 19.8 Å². The van der Waals surface area contributed by atoms with Crippen LogP contribution in [-0.2, 0) is 27.2 Å². The molecule has 0 unspecified atom stereocenters. The van der Waals surface area contributed by atoms with E-state index in [1.807, 2.05) is 0 Å². The molecule has 8 heteroatoms. The summed E-state index contributed by atoms with van der Waals surface area (Å²) < 4.78 is 19.2. The average molecular weight is 401 g/mol. The molecule has 0 saturated heterocycles. The average Bonchev–Trinajstić information content (AvgIpc) is 2.68. The van der Waals surface area contributed by atoms with Crippen molar-refractivity contribution in [2.24, 2.45) is 5.73 Å². The van der Waals surface area contributed by atoms with Gasteiger partial charge in [-0.1, -0.05) is 36.4 Å². The van der Waals surface area contributed by atoms with E-state index >= 15 is 0 Å². The molecule has 0 aliphatic rings. The van der Waals surface area contributed by atoms with Crippen LogP contribution < -0.4 is 21.1 Å². The van der Waals surface area contributed by atoms with Gasteiger partial charge in [0.15, 0.2) is 0 Å². The standard InChI is InChI=1S/C21H24FN3O4/c1-13(26)24-18(11-14-7-3-5-9-16(14)22)21(28)25-17(20(23)27)12-15-8-4-6-10-19(15)29-2/h3-10,17-18H,11-12H2,1-2H3,(H2,23,27)(H,24,26)(H,25,28)/t17-,18+/m0/s1. The minimum absolute atomic E-state index is 0.0712. The smallest absolute Gasteiger partial charge is 0.243 e. The Hall–Kier alpha value is -3.42. The van der Waals surface area contributed by atoms with Gasteiger partial charge in [0.05, 0.1) is 7.11 Å². The van der Waals surface area contributed by atoms with Crippen molar-refractivity contribution < 1.29 is 23.5 Å². The first-order valence-corrected chi connectivity index (χ1v) is 9.04. The van der Waals surface area contributed by atoms with Crippen LogP contribution in [0.3, 0.4) is 0 Å². The number of halogens is 1. The predicted molar refractivity (Wildman–Crippen MR) is 106 cm³/mol. The van der Waals surface area contributed by atoms with Gasteiger partial charge in [-0.25, -0.2) is 4.39 Å². The molecule has 0 fully saturated rings. The summed E-state index contributed by atoms with van der Waals surface area (Å²) in [7, 11) is 1.50. The monoisotopic (exact) mass is 401 g/mol. The molecule has 154 valence electrons. The summed E-state index contributed by atoms with van der Waals surface area (Å²) in [5, 5.41) is 5.05. The summed E-state index contributed by atoms with van der Waals surface area (Å²) in [6.45, 7) is 1.25. The zero-order chi connectivity index (χ0) is 21.4. The van der Waals surface area contributed by atoms with Crippen molar-refractivity contribution in [2.45, 2.75) is 31.8 Å². The van der Waals surface area contributed by atoms with Crippen molar-refractivity contribution >= 4 is 17.7 Å². The number of rotatable bonds is 9. The Morgan fingerprint density at radius 3 is 2.14 bits per heavy atom. The number of para-hydroxylation sites is 1. The number of hydrogen-bond acceptors (Lipinski definition) is 4. The van der Waals surface area contributed by atoms with E-state index in [1.54, 1.807) is 30.3 Å². The van der Waals surface area contributed by atoms with Crippen LogP contribution >= 0.6 is 0 Å². The molecule has 0 aliphatic carbocycles. The largest absolute Gasteiger partial charge is 0.496 e. The van der Waals surface area contributed by atoms with Gasteiger partial charge in [-0.15, -0.1) is 0 Å².